The fourth-order valence-electron chi connectivity index (χ4n) is 7.16. The minimum absolute atomic E-state index is 0.00531. The predicted octanol–water partition coefficient (Wildman–Crippen LogP) is 0.722. The number of aromatic nitrogens is 2. The standard InChI is InChI=1S/C40H43Cl2N11O10/c41-23-4-2-5-24(42)34(23)37(60)49-26-19-47-51-35(26)38(61)48-21-12-17-52(18-13-21)32(58)11-16-44-29(55)9-14-43-28(54)10-15-45-31(57)20-46-25-6-1-3-22-33(25)40(63)53(39(22)62)27-7-8-30(56)50-36(27)59/h1-6,19,21,27,46H,7-18,20H2,(H,43,54)(H,44,55)(H,45,57)(H,47,51)(H,48,61)(H,49,60)(H,50,56,59). The van der Waals surface area contributed by atoms with Gasteiger partial charge in [0.05, 0.1) is 45.2 Å². The number of aromatic amines is 1. The lowest BCUT2D eigenvalue weighted by Gasteiger charge is -2.32. The van der Waals surface area contributed by atoms with E-state index in [1.165, 1.54) is 36.5 Å². The van der Waals surface area contributed by atoms with Gasteiger partial charge in [-0.1, -0.05) is 35.3 Å². The first-order valence-electron chi connectivity index (χ1n) is 20.0. The summed E-state index contributed by atoms with van der Waals surface area (Å²) in [6.45, 7) is 0.551. The van der Waals surface area contributed by atoms with Crippen LogP contribution < -0.4 is 37.2 Å². The van der Waals surface area contributed by atoms with Gasteiger partial charge in [-0.05, 0) is 43.5 Å². The highest BCUT2D eigenvalue weighted by Crippen LogP contribution is 2.32. The number of likely N-dealkylation sites (tertiary alicyclic amines) is 1. The minimum atomic E-state index is -1.13. The second kappa shape index (κ2) is 20.8. The number of anilines is 2. The van der Waals surface area contributed by atoms with E-state index in [4.69, 9.17) is 23.2 Å². The Bertz CT molecular complexity index is 2330. The Balaban J connectivity index is 0.813. The average Bonchev–Trinajstić information content (AvgIpc) is 3.81. The van der Waals surface area contributed by atoms with Gasteiger partial charge in [-0.3, -0.25) is 63.3 Å². The summed E-state index contributed by atoms with van der Waals surface area (Å²) in [6.07, 6.45) is 2.16. The van der Waals surface area contributed by atoms with Gasteiger partial charge in [-0.25, -0.2) is 0 Å². The fourth-order valence-corrected chi connectivity index (χ4v) is 7.73. The third-order valence-corrected chi connectivity index (χ3v) is 11.0. The number of hydrogen-bond acceptors (Lipinski definition) is 12. The summed E-state index contributed by atoms with van der Waals surface area (Å²) in [6, 6.07) is 7.72. The number of carbonyl (C=O) groups is 10. The quantitative estimate of drug-likeness (QED) is 0.0871. The van der Waals surface area contributed by atoms with Crippen LogP contribution in [-0.4, -0.2) is 130 Å². The zero-order chi connectivity index (χ0) is 45.2. The number of carbonyl (C=O) groups excluding carboxylic acids is 10. The molecule has 21 nitrogen and oxygen atoms in total. The van der Waals surface area contributed by atoms with E-state index in [-0.39, 0.29) is 120 Å². The van der Waals surface area contributed by atoms with Gasteiger partial charge in [0.15, 0.2) is 0 Å². The largest absolute Gasteiger partial charge is 0.375 e. The molecule has 332 valence electrons. The molecule has 1 aromatic heterocycles. The number of H-pyrrole nitrogens is 1. The summed E-state index contributed by atoms with van der Waals surface area (Å²) in [5.74, 6) is -5.20. The fraction of sp³-hybridized carbons (Fsp3) is 0.375. The second-order valence-corrected chi connectivity index (χ2v) is 15.5. The number of nitrogens with zero attached hydrogens (tertiary/aromatic N) is 3. The third kappa shape index (κ3) is 11.3. The zero-order valence-electron chi connectivity index (χ0n) is 33.6. The highest BCUT2D eigenvalue weighted by molar-refractivity contribution is 6.40. The topological polar surface area (TPSA) is 290 Å². The van der Waals surface area contributed by atoms with Crippen molar-refractivity contribution < 1.29 is 47.9 Å². The van der Waals surface area contributed by atoms with Gasteiger partial charge in [-0.2, -0.15) is 5.10 Å². The first kappa shape index (κ1) is 45.7. The van der Waals surface area contributed by atoms with Gasteiger partial charge in [0.2, 0.25) is 35.4 Å². The molecular weight excluding hydrogens is 865 g/mol. The molecule has 2 aromatic carbocycles. The molecule has 3 aliphatic heterocycles. The Morgan fingerprint density at radius 2 is 1.38 bits per heavy atom. The number of rotatable bonds is 17. The number of amides is 10. The van der Waals surface area contributed by atoms with Gasteiger partial charge in [0.25, 0.3) is 23.6 Å². The zero-order valence-corrected chi connectivity index (χ0v) is 35.1. The molecule has 0 bridgehead atoms. The highest BCUT2D eigenvalue weighted by atomic mass is 35.5. The number of halogens is 2. The number of hydrogen-bond donors (Lipinski definition) is 8. The van der Waals surface area contributed by atoms with Crippen LogP contribution in [0.2, 0.25) is 10.0 Å². The van der Waals surface area contributed by atoms with Crippen molar-refractivity contribution in [1.82, 2.24) is 46.6 Å². The predicted molar refractivity (Wildman–Crippen MR) is 225 cm³/mol. The third-order valence-electron chi connectivity index (χ3n) is 10.4. The number of piperidine rings is 2. The smallest absolute Gasteiger partial charge is 0.271 e. The molecule has 23 heteroatoms. The first-order chi connectivity index (χ1) is 30.2. The minimum Gasteiger partial charge on any atom is -0.375 e. The number of imide groups is 2. The van der Waals surface area contributed by atoms with Crippen molar-refractivity contribution in [2.75, 3.05) is 49.9 Å². The molecule has 0 saturated carbocycles. The molecule has 0 aliphatic carbocycles. The molecule has 8 N–H and O–H groups in total. The van der Waals surface area contributed by atoms with Crippen molar-refractivity contribution in [3.8, 4) is 0 Å². The molecule has 10 amide bonds. The monoisotopic (exact) mass is 907 g/mol. The van der Waals surface area contributed by atoms with Crippen LogP contribution in [0.3, 0.4) is 0 Å². The van der Waals surface area contributed by atoms with Gasteiger partial charge in [0, 0.05) is 70.1 Å². The van der Waals surface area contributed by atoms with E-state index in [9.17, 15) is 47.9 Å². The van der Waals surface area contributed by atoms with E-state index in [0.717, 1.165) is 4.90 Å². The van der Waals surface area contributed by atoms with Crippen LogP contribution in [0.4, 0.5) is 11.4 Å². The maximum atomic E-state index is 13.2. The van der Waals surface area contributed by atoms with E-state index in [1.54, 1.807) is 11.0 Å². The molecular formula is C40H43Cl2N11O10. The van der Waals surface area contributed by atoms with E-state index in [2.05, 4.69) is 47.4 Å². The van der Waals surface area contributed by atoms with Crippen LogP contribution in [0.25, 0.3) is 0 Å². The van der Waals surface area contributed by atoms with Crippen molar-refractivity contribution >= 4 is 93.6 Å². The number of benzene rings is 2. The summed E-state index contributed by atoms with van der Waals surface area (Å²) < 4.78 is 0. The molecule has 0 spiro atoms. The van der Waals surface area contributed by atoms with Crippen molar-refractivity contribution in [2.24, 2.45) is 0 Å². The van der Waals surface area contributed by atoms with Crippen molar-refractivity contribution in [3.63, 3.8) is 0 Å². The molecule has 0 radical (unpaired) electrons. The lowest BCUT2D eigenvalue weighted by Crippen LogP contribution is -2.54. The lowest BCUT2D eigenvalue weighted by atomic mass is 10.0. The molecule has 1 unspecified atom stereocenters. The number of nitrogens with one attached hydrogen (secondary N) is 8. The first-order valence-corrected chi connectivity index (χ1v) is 20.7. The van der Waals surface area contributed by atoms with Gasteiger partial charge >= 0.3 is 0 Å². The summed E-state index contributed by atoms with van der Waals surface area (Å²) in [7, 11) is 0. The van der Waals surface area contributed by atoms with E-state index < -0.39 is 53.3 Å². The van der Waals surface area contributed by atoms with Gasteiger partial charge in [-0.15, -0.1) is 0 Å². The SMILES string of the molecule is O=C(CCNC(=O)CNc1cccc2c1C(=O)N(C1CCC(=O)NC1=O)C2=O)NCCC(=O)NCCC(=O)N1CCC(NC(=O)c2[nH]ncc2NC(=O)c2c(Cl)cccc2Cl)CC1. The van der Waals surface area contributed by atoms with Crippen LogP contribution in [0.15, 0.2) is 42.6 Å². The summed E-state index contributed by atoms with van der Waals surface area (Å²) in [5.41, 5.74) is 0.493. The lowest BCUT2D eigenvalue weighted by molar-refractivity contribution is -0.136. The summed E-state index contributed by atoms with van der Waals surface area (Å²) in [5, 5.41) is 25.0. The van der Waals surface area contributed by atoms with Crippen LogP contribution in [0.5, 0.6) is 0 Å². The molecule has 2 fully saturated rings. The van der Waals surface area contributed by atoms with Crippen LogP contribution >= 0.6 is 23.2 Å². The van der Waals surface area contributed by atoms with Gasteiger partial charge in [0.1, 0.15) is 11.7 Å². The Morgan fingerprint density at radius 1 is 0.746 bits per heavy atom. The second-order valence-electron chi connectivity index (χ2n) is 14.7. The maximum absolute atomic E-state index is 13.2. The molecule has 3 aromatic rings. The molecule has 4 heterocycles. The van der Waals surface area contributed by atoms with E-state index >= 15 is 0 Å². The molecule has 63 heavy (non-hydrogen) atoms. The van der Waals surface area contributed by atoms with Crippen molar-refractivity contribution in [1.29, 1.82) is 0 Å². The Hall–Kier alpha value is -6.87. The molecule has 2 saturated heterocycles. The van der Waals surface area contributed by atoms with E-state index in [1.807, 2.05) is 0 Å². The van der Waals surface area contributed by atoms with E-state index in [0.29, 0.717) is 25.9 Å². The molecule has 3 aliphatic rings. The molecule has 6 rings (SSSR count). The normalized spacial score (nSPS) is 16.2. The summed E-state index contributed by atoms with van der Waals surface area (Å²) >= 11 is 12.3. The maximum Gasteiger partial charge on any atom is 0.271 e. The number of fused-ring (bicyclic) bond motifs is 1. The summed E-state index contributed by atoms with van der Waals surface area (Å²) in [4.78, 5) is 128. The van der Waals surface area contributed by atoms with Crippen LogP contribution in [0, 0.1) is 0 Å². The Kier molecular flexibility index (Phi) is 15.1. The Morgan fingerprint density at radius 3 is 2.05 bits per heavy atom. The van der Waals surface area contributed by atoms with Crippen LogP contribution in [-0.2, 0) is 28.8 Å². The highest BCUT2D eigenvalue weighted by Gasteiger charge is 2.45. The van der Waals surface area contributed by atoms with Crippen molar-refractivity contribution in [2.45, 2.75) is 57.0 Å². The van der Waals surface area contributed by atoms with Crippen molar-refractivity contribution in [3.05, 3.63) is 75.0 Å². The Labute approximate surface area is 369 Å². The average molecular weight is 909 g/mol. The van der Waals surface area contributed by atoms with Crippen LogP contribution in [0.1, 0.15) is 86.5 Å². The van der Waals surface area contributed by atoms with Gasteiger partial charge < -0.3 is 36.8 Å². The molecule has 1 atom stereocenters.